The zero-order chi connectivity index (χ0) is 25.6. The number of carbonyl (C=O) groups excluding carboxylic acids is 1. The first-order chi connectivity index (χ1) is 17.3. The van der Waals surface area contributed by atoms with Crippen molar-refractivity contribution in [2.45, 2.75) is 26.8 Å². The number of fused-ring (bicyclic) bond motifs is 2. The number of nitrogens with zero attached hydrogens (tertiary/aromatic N) is 3. The van der Waals surface area contributed by atoms with Gasteiger partial charge in [-0.2, -0.15) is 0 Å². The van der Waals surface area contributed by atoms with Crippen molar-refractivity contribution in [2.75, 3.05) is 19.9 Å². The third-order valence-electron chi connectivity index (χ3n) is 6.27. The van der Waals surface area contributed by atoms with Crippen molar-refractivity contribution in [3.8, 4) is 11.5 Å². The Morgan fingerprint density at radius 2 is 1.89 bits per heavy atom. The molecule has 5 rings (SSSR count). The highest BCUT2D eigenvalue weighted by atomic mass is 79.9. The molecule has 1 aromatic heterocycles. The molecule has 0 saturated heterocycles. The molecule has 0 radical (unpaired) electrons. The van der Waals surface area contributed by atoms with Crippen LogP contribution in [0.15, 0.2) is 61.9 Å². The summed E-state index contributed by atoms with van der Waals surface area (Å²) < 4.78 is 13.8. The number of ether oxygens (including phenoxy) is 2. The van der Waals surface area contributed by atoms with Crippen LogP contribution >= 0.6 is 38.9 Å². The van der Waals surface area contributed by atoms with E-state index in [9.17, 15) is 9.59 Å². The Kier molecular flexibility index (Phi) is 6.80. The predicted octanol–water partition coefficient (Wildman–Crippen LogP) is 4.25. The summed E-state index contributed by atoms with van der Waals surface area (Å²) in [5.74, 6) is 1.15. The van der Waals surface area contributed by atoms with Crippen molar-refractivity contribution in [3.63, 3.8) is 0 Å². The fraction of sp³-hybridized carbons (Fsp3) is 0.269. The highest BCUT2D eigenvalue weighted by molar-refractivity contribution is 9.10. The minimum absolute atomic E-state index is 0.131. The van der Waals surface area contributed by atoms with Gasteiger partial charge in [0.2, 0.25) is 6.79 Å². The number of allylic oxidation sites excluding steroid dienone is 1. The molecule has 10 heteroatoms. The van der Waals surface area contributed by atoms with E-state index in [1.54, 1.807) is 27.7 Å². The van der Waals surface area contributed by atoms with Crippen LogP contribution in [0.3, 0.4) is 0 Å². The molecular weight excluding hydrogens is 566 g/mol. The molecule has 2 aliphatic heterocycles. The average molecular weight is 589 g/mol. The molecule has 0 spiro atoms. The number of rotatable bonds is 5. The SMILES string of the molecule is CCN(CC)C(=O)C1=C(C)N=c2s/c(=C/c3cc4c(cc3Br)OCO4)c(=O)n2[C@H]1c1ccc(Cl)cc1. The van der Waals surface area contributed by atoms with Gasteiger partial charge in [-0.05, 0) is 62.2 Å². The smallest absolute Gasteiger partial charge is 0.271 e. The van der Waals surface area contributed by atoms with Gasteiger partial charge in [0.05, 0.1) is 21.8 Å². The minimum Gasteiger partial charge on any atom is -0.454 e. The first-order valence-electron chi connectivity index (χ1n) is 11.5. The first-order valence-corrected chi connectivity index (χ1v) is 13.5. The number of thiazole rings is 1. The summed E-state index contributed by atoms with van der Waals surface area (Å²) >= 11 is 11.0. The third kappa shape index (κ3) is 4.29. The Bertz CT molecular complexity index is 1570. The molecule has 0 N–H and O–H groups in total. The molecule has 0 fully saturated rings. The van der Waals surface area contributed by atoms with E-state index >= 15 is 0 Å². The second-order valence-electron chi connectivity index (χ2n) is 8.34. The summed E-state index contributed by atoms with van der Waals surface area (Å²) in [5.41, 5.74) is 2.44. The van der Waals surface area contributed by atoms with Gasteiger partial charge in [-0.1, -0.05) is 51.0 Å². The van der Waals surface area contributed by atoms with Gasteiger partial charge in [0.25, 0.3) is 11.5 Å². The van der Waals surface area contributed by atoms with Crippen LogP contribution in [0.5, 0.6) is 11.5 Å². The van der Waals surface area contributed by atoms with E-state index in [2.05, 4.69) is 15.9 Å². The quantitative estimate of drug-likeness (QED) is 0.447. The molecule has 1 amide bonds. The molecule has 0 saturated carbocycles. The maximum atomic E-state index is 13.8. The van der Waals surface area contributed by atoms with Crippen molar-refractivity contribution in [1.82, 2.24) is 9.47 Å². The van der Waals surface area contributed by atoms with E-state index in [-0.39, 0.29) is 18.3 Å². The number of amides is 1. The standard InChI is InChI=1S/C26H23BrClN3O4S/c1-4-30(5-2)25(33)22-14(3)29-26-31(23(22)15-6-8-17(28)9-7-15)24(32)21(36-26)11-16-10-19-20(12-18(16)27)35-13-34-19/h6-12,23H,4-5,13H2,1-3H3/b21-11+/t23-/m0/s1. The highest BCUT2D eigenvalue weighted by Gasteiger charge is 2.34. The van der Waals surface area contributed by atoms with Gasteiger partial charge in [0.1, 0.15) is 0 Å². The molecule has 2 aromatic carbocycles. The number of aromatic nitrogens is 1. The van der Waals surface area contributed by atoms with Crippen LogP contribution in [0, 0.1) is 0 Å². The lowest BCUT2D eigenvalue weighted by atomic mass is 9.94. The number of hydrogen-bond acceptors (Lipinski definition) is 6. The van der Waals surface area contributed by atoms with Crippen molar-refractivity contribution < 1.29 is 14.3 Å². The Hall–Kier alpha value is -2.88. The van der Waals surface area contributed by atoms with Crippen molar-refractivity contribution in [1.29, 1.82) is 0 Å². The van der Waals surface area contributed by atoms with Crippen LogP contribution in [0.4, 0.5) is 0 Å². The number of benzene rings is 2. The number of halogens is 2. The summed E-state index contributed by atoms with van der Waals surface area (Å²) in [7, 11) is 0. The van der Waals surface area contributed by atoms with Crippen LogP contribution in [0.25, 0.3) is 6.08 Å². The monoisotopic (exact) mass is 587 g/mol. The fourth-order valence-electron chi connectivity index (χ4n) is 4.42. The van der Waals surface area contributed by atoms with E-state index in [1.807, 2.05) is 45.0 Å². The van der Waals surface area contributed by atoms with E-state index in [0.29, 0.717) is 50.2 Å². The maximum absolute atomic E-state index is 13.8. The number of hydrogen-bond donors (Lipinski definition) is 0. The summed E-state index contributed by atoms with van der Waals surface area (Å²) in [6, 6.07) is 10.3. The number of likely N-dealkylation sites (N-methyl/N-ethyl adjacent to an activating group) is 1. The van der Waals surface area contributed by atoms with Gasteiger partial charge in [-0.3, -0.25) is 14.2 Å². The summed E-state index contributed by atoms with van der Waals surface area (Å²) in [6.45, 7) is 6.98. The molecule has 186 valence electrons. The molecule has 1 atom stereocenters. The second kappa shape index (κ2) is 9.88. The van der Waals surface area contributed by atoms with Crippen molar-refractivity contribution in [2.24, 2.45) is 4.99 Å². The van der Waals surface area contributed by atoms with Crippen LogP contribution in [0.2, 0.25) is 5.02 Å². The van der Waals surface area contributed by atoms with Crippen LogP contribution in [0.1, 0.15) is 37.9 Å². The van der Waals surface area contributed by atoms with Gasteiger partial charge < -0.3 is 14.4 Å². The molecule has 0 bridgehead atoms. The number of carbonyl (C=O) groups is 1. The van der Waals surface area contributed by atoms with Crippen molar-refractivity contribution in [3.05, 3.63) is 88.0 Å². The fourth-order valence-corrected chi connectivity index (χ4v) is 6.02. The zero-order valence-electron chi connectivity index (χ0n) is 19.9. The molecule has 2 aliphatic rings. The molecule has 0 aliphatic carbocycles. The zero-order valence-corrected chi connectivity index (χ0v) is 23.0. The Morgan fingerprint density at radius 3 is 2.56 bits per heavy atom. The molecule has 3 heterocycles. The van der Waals surface area contributed by atoms with Crippen LogP contribution in [-0.4, -0.2) is 35.3 Å². The highest BCUT2D eigenvalue weighted by Crippen LogP contribution is 2.37. The third-order valence-corrected chi connectivity index (χ3v) is 8.19. The van der Waals surface area contributed by atoms with Crippen molar-refractivity contribution >= 4 is 50.9 Å². The largest absolute Gasteiger partial charge is 0.454 e. The second-order valence-corrected chi connectivity index (χ2v) is 10.6. The summed E-state index contributed by atoms with van der Waals surface area (Å²) in [4.78, 5) is 34.5. The van der Waals surface area contributed by atoms with Gasteiger partial charge in [0.15, 0.2) is 16.3 Å². The Labute approximate surface area is 225 Å². The maximum Gasteiger partial charge on any atom is 0.271 e. The Balaban J connectivity index is 1.71. The predicted molar refractivity (Wildman–Crippen MR) is 143 cm³/mol. The normalized spacial score (nSPS) is 16.7. The average Bonchev–Trinajstić information content (AvgIpc) is 3.43. The summed E-state index contributed by atoms with van der Waals surface area (Å²) in [6.07, 6.45) is 1.81. The first kappa shape index (κ1) is 24.8. The molecule has 3 aromatic rings. The van der Waals surface area contributed by atoms with E-state index in [1.165, 1.54) is 11.3 Å². The van der Waals surface area contributed by atoms with Gasteiger partial charge in [0, 0.05) is 22.6 Å². The van der Waals surface area contributed by atoms with E-state index in [0.717, 1.165) is 15.6 Å². The lowest BCUT2D eigenvalue weighted by Crippen LogP contribution is -2.43. The molecule has 36 heavy (non-hydrogen) atoms. The molecule has 0 unspecified atom stereocenters. The lowest BCUT2D eigenvalue weighted by molar-refractivity contribution is -0.127. The Morgan fingerprint density at radius 1 is 1.22 bits per heavy atom. The molecule has 7 nitrogen and oxygen atoms in total. The minimum atomic E-state index is -0.617. The summed E-state index contributed by atoms with van der Waals surface area (Å²) in [5, 5.41) is 0.580. The van der Waals surface area contributed by atoms with Crippen LogP contribution in [-0.2, 0) is 4.79 Å². The van der Waals surface area contributed by atoms with Gasteiger partial charge >= 0.3 is 0 Å². The van der Waals surface area contributed by atoms with E-state index < -0.39 is 6.04 Å². The van der Waals surface area contributed by atoms with Gasteiger partial charge in [-0.25, -0.2) is 4.99 Å². The lowest BCUT2D eigenvalue weighted by Gasteiger charge is -2.29. The van der Waals surface area contributed by atoms with Gasteiger partial charge in [-0.15, -0.1) is 0 Å². The van der Waals surface area contributed by atoms with Crippen LogP contribution < -0.4 is 24.4 Å². The van der Waals surface area contributed by atoms with E-state index in [4.69, 9.17) is 26.1 Å². The topological polar surface area (TPSA) is 73.1 Å². The molecular formula is C26H23BrClN3O4S.